The summed E-state index contributed by atoms with van der Waals surface area (Å²) in [6.07, 6.45) is 1.06. The number of likely N-dealkylation sites (N-methyl/N-ethyl adjacent to an activating group) is 1. The van der Waals surface area contributed by atoms with E-state index in [0.717, 1.165) is 19.5 Å². The minimum absolute atomic E-state index is 0. The highest BCUT2D eigenvalue weighted by molar-refractivity contribution is 5.85. The van der Waals surface area contributed by atoms with Gasteiger partial charge in [0.2, 0.25) is 0 Å². The van der Waals surface area contributed by atoms with Crippen LogP contribution in [-0.2, 0) is 0 Å². The Hall–Kier alpha value is -0.480. The van der Waals surface area contributed by atoms with Crippen LogP contribution in [0.4, 0.5) is 4.79 Å². The number of nitrogens with one attached hydrogen (secondary N) is 2. The summed E-state index contributed by atoms with van der Waals surface area (Å²) in [5.41, 5.74) is 0. The summed E-state index contributed by atoms with van der Waals surface area (Å²) in [5.74, 6) is 0. The molecule has 0 spiro atoms. The number of carbonyl (C=O) groups excluding carboxylic acids is 1. The molecule has 0 bridgehead atoms. The van der Waals surface area contributed by atoms with Gasteiger partial charge < -0.3 is 15.5 Å². The molecule has 1 atom stereocenters. The molecule has 1 fully saturated rings. The lowest BCUT2D eigenvalue weighted by Crippen LogP contribution is -2.40. The molecule has 1 heterocycles. The molecular weight excluding hydrogens is 190 g/mol. The van der Waals surface area contributed by atoms with E-state index in [9.17, 15) is 4.79 Å². The van der Waals surface area contributed by atoms with Crippen LogP contribution in [0.2, 0.25) is 0 Å². The summed E-state index contributed by atoms with van der Waals surface area (Å²) in [6.45, 7) is 4.35. The third kappa shape index (κ3) is 3.40. The fourth-order valence-corrected chi connectivity index (χ4v) is 1.44. The first-order chi connectivity index (χ1) is 5.77. The van der Waals surface area contributed by atoms with E-state index in [1.807, 2.05) is 18.9 Å². The van der Waals surface area contributed by atoms with Gasteiger partial charge in [-0.15, -0.1) is 12.4 Å². The summed E-state index contributed by atoms with van der Waals surface area (Å²) >= 11 is 0. The summed E-state index contributed by atoms with van der Waals surface area (Å²) in [5, 5.41) is 5.96. The van der Waals surface area contributed by atoms with Gasteiger partial charge in [-0.2, -0.15) is 0 Å². The van der Waals surface area contributed by atoms with Crippen LogP contribution in [0.1, 0.15) is 13.3 Å². The number of urea groups is 1. The molecule has 1 rings (SSSR count). The van der Waals surface area contributed by atoms with Crippen molar-refractivity contribution < 1.29 is 4.79 Å². The van der Waals surface area contributed by atoms with Crippen LogP contribution in [0.3, 0.4) is 0 Å². The number of amides is 2. The van der Waals surface area contributed by atoms with Crippen molar-refractivity contribution in [2.24, 2.45) is 0 Å². The van der Waals surface area contributed by atoms with E-state index in [2.05, 4.69) is 10.6 Å². The molecule has 0 aromatic heterocycles. The van der Waals surface area contributed by atoms with Gasteiger partial charge in [0.15, 0.2) is 0 Å². The first-order valence-corrected chi connectivity index (χ1v) is 4.48. The molecular formula is C8H18ClN3O. The third-order valence-electron chi connectivity index (χ3n) is 2.21. The predicted octanol–water partition coefficient (Wildman–Crippen LogP) is 0.431. The van der Waals surface area contributed by atoms with Gasteiger partial charge in [0.1, 0.15) is 0 Å². The standard InChI is InChI=1S/C8H17N3O.ClH/c1-3-10-8(12)11-5-4-7(6-11)9-2;/h7,9H,3-6H2,1-2H3,(H,10,12);1H/t7-;/m1./s1. The van der Waals surface area contributed by atoms with Crippen LogP contribution in [-0.4, -0.2) is 43.7 Å². The molecule has 0 aromatic carbocycles. The smallest absolute Gasteiger partial charge is 0.317 e. The lowest BCUT2D eigenvalue weighted by Gasteiger charge is -2.16. The first kappa shape index (κ1) is 12.5. The summed E-state index contributed by atoms with van der Waals surface area (Å²) in [7, 11) is 1.94. The van der Waals surface area contributed by atoms with Crippen LogP contribution >= 0.6 is 12.4 Å². The molecule has 0 aromatic rings. The Balaban J connectivity index is 0.00000144. The lowest BCUT2D eigenvalue weighted by atomic mass is 10.3. The molecule has 0 saturated carbocycles. The molecule has 1 aliphatic rings. The van der Waals surface area contributed by atoms with E-state index in [1.54, 1.807) is 0 Å². The second-order valence-corrected chi connectivity index (χ2v) is 3.06. The van der Waals surface area contributed by atoms with Crippen molar-refractivity contribution in [3.63, 3.8) is 0 Å². The second kappa shape index (κ2) is 6.05. The quantitative estimate of drug-likeness (QED) is 0.690. The molecule has 1 saturated heterocycles. The molecule has 4 nitrogen and oxygen atoms in total. The maximum Gasteiger partial charge on any atom is 0.317 e. The van der Waals surface area contributed by atoms with Gasteiger partial charge in [0.05, 0.1) is 0 Å². The number of likely N-dealkylation sites (tertiary alicyclic amines) is 1. The van der Waals surface area contributed by atoms with Gasteiger partial charge in [0.25, 0.3) is 0 Å². The molecule has 0 unspecified atom stereocenters. The average Bonchev–Trinajstić information content (AvgIpc) is 2.52. The molecule has 2 amide bonds. The zero-order valence-corrected chi connectivity index (χ0v) is 8.99. The topological polar surface area (TPSA) is 44.4 Å². The van der Waals surface area contributed by atoms with E-state index < -0.39 is 0 Å². The Bertz CT molecular complexity index is 165. The van der Waals surface area contributed by atoms with Crippen LogP contribution in [0.25, 0.3) is 0 Å². The van der Waals surface area contributed by atoms with Gasteiger partial charge in [-0.05, 0) is 20.4 Å². The molecule has 78 valence electrons. The highest BCUT2D eigenvalue weighted by Crippen LogP contribution is 2.07. The highest BCUT2D eigenvalue weighted by Gasteiger charge is 2.24. The van der Waals surface area contributed by atoms with E-state index >= 15 is 0 Å². The second-order valence-electron chi connectivity index (χ2n) is 3.06. The van der Waals surface area contributed by atoms with Gasteiger partial charge in [-0.1, -0.05) is 0 Å². The van der Waals surface area contributed by atoms with Crippen LogP contribution in [0, 0.1) is 0 Å². The fourth-order valence-electron chi connectivity index (χ4n) is 1.44. The van der Waals surface area contributed by atoms with E-state index in [4.69, 9.17) is 0 Å². The predicted molar refractivity (Wildman–Crippen MR) is 55.4 cm³/mol. The average molecular weight is 208 g/mol. The SMILES string of the molecule is CCNC(=O)N1CC[C@@H](NC)C1.Cl. The van der Waals surface area contributed by atoms with E-state index in [-0.39, 0.29) is 18.4 Å². The first-order valence-electron chi connectivity index (χ1n) is 4.48. The number of carbonyl (C=O) groups is 1. The summed E-state index contributed by atoms with van der Waals surface area (Å²) in [6, 6.07) is 0.544. The monoisotopic (exact) mass is 207 g/mol. The molecule has 1 aliphatic heterocycles. The normalized spacial score (nSPS) is 21.1. The lowest BCUT2D eigenvalue weighted by molar-refractivity contribution is 0.208. The van der Waals surface area contributed by atoms with Crippen molar-refractivity contribution >= 4 is 18.4 Å². The maximum atomic E-state index is 11.3. The minimum Gasteiger partial charge on any atom is -0.338 e. The number of hydrogen-bond donors (Lipinski definition) is 2. The summed E-state index contributed by atoms with van der Waals surface area (Å²) < 4.78 is 0. The Labute approximate surface area is 85.5 Å². The van der Waals surface area contributed by atoms with Crippen molar-refractivity contribution in [1.29, 1.82) is 0 Å². The molecule has 13 heavy (non-hydrogen) atoms. The van der Waals surface area contributed by atoms with Gasteiger partial charge in [-0.25, -0.2) is 4.79 Å². The van der Waals surface area contributed by atoms with Gasteiger partial charge in [-0.3, -0.25) is 0 Å². The van der Waals surface area contributed by atoms with Gasteiger partial charge in [0, 0.05) is 25.7 Å². The Morgan fingerprint density at radius 2 is 2.31 bits per heavy atom. The summed E-state index contributed by atoms with van der Waals surface area (Å²) in [4.78, 5) is 13.1. The van der Waals surface area contributed by atoms with Crippen molar-refractivity contribution in [2.45, 2.75) is 19.4 Å². The van der Waals surface area contributed by atoms with Crippen molar-refractivity contribution in [3.05, 3.63) is 0 Å². The maximum absolute atomic E-state index is 11.3. The number of nitrogens with zero attached hydrogens (tertiary/aromatic N) is 1. The zero-order valence-electron chi connectivity index (χ0n) is 8.17. The number of halogens is 1. The molecule has 0 radical (unpaired) electrons. The number of rotatable bonds is 2. The van der Waals surface area contributed by atoms with Crippen LogP contribution < -0.4 is 10.6 Å². The van der Waals surface area contributed by atoms with E-state index in [1.165, 1.54) is 0 Å². The number of hydrogen-bond acceptors (Lipinski definition) is 2. The minimum atomic E-state index is 0. The third-order valence-corrected chi connectivity index (χ3v) is 2.21. The Kier molecular flexibility index (Phi) is 5.82. The Morgan fingerprint density at radius 1 is 1.62 bits per heavy atom. The molecule has 5 heteroatoms. The van der Waals surface area contributed by atoms with Crippen molar-refractivity contribution in [1.82, 2.24) is 15.5 Å². The van der Waals surface area contributed by atoms with E-state index in [0.29, 0.717) is 12.6 Å². The van der Waals surface area contributed by atoms with Crippen LogP contribution in [0.15, 0.2) is 0 Å². The fraction of sp³-hybridized carbons (Fsp3) is 0.875. The van der Waals surface area contributed by atoms with Crippen LogP contribution in [0.5, 0.6) is 0 Å². The Morgan fingerprint density at radius 3 is 2.77 bits per heavy atom. The van der Waals surface area contributed by atoms with Crippen molar-refractivity contribution in [3.8, 4) is 0 Å². The highest BCUT2D eigenvalue weighted by atomic mass is 35.5. The molecule has 0 aliphatic carbocycles. The molecule has 2 N–H and O–H groups in total. The largest absolute Gasteiger partial charge is 0.338 e. The van der Waals surface area contributed by atoms with Gasteiger partial charge >= 0.3 is 6.03 Å². The van der Waals surface area contributed by atoms with Crippen molar-refractivity contribution in [2.75, 3.05) is 26.7 Å². The zero-order chi connectivity index (χ0) is 8.97.